The average molecular weight is 476 g/mol. The number of hydrogen-bond donors (Lipinski definition) is 1. The van der Waals surface area contributed by atoms with Gasteiger partial charge in [0.05, 0.1) is 10.7 Å². The van der Waals surface area contributed by atoms with Crippen LogP contribution in [-0.2, 0) is 17.9 Å². The number of pyridine rings is 1. The molecule has 0 bridgehead atoms. The second kappa shape index (κ2) is 11.2. The van der Waals surface area contributed by atoms with Gasteiger partial charge in [-0.1, -0.05) is 18.2 Å². The van der Waals surface area contributed by atoms with E-state index in [0.717, 1.165) is 27.6 Å². The molecule has 1 amide bonds. The van der Waals surface area contributed by atoms with Gasteiger partial charge >= 0.3 is 0 Å². The zero-order chi connectivity index (χ0) is 23.8. The molecule has 0 saturated carbocycles. The third-order valence-corrected chi connectivity index (χ3v) is 5.48. The van der Waals surface area contributed by atoms with Gasteiger partial charge in [-0.2, -0.15) is 0 Å². The molecule has 0 aliphatic heterocycles. The van der Waals surface area contributed by atoms with Crippen LogP contribution < -0.4 is 14.8 Å². The minimum absolute atomic E-state index is 0.217. The molecule has 2 aromatic carbocycles. The monoisotopic (exact) mass is 475 g/mol. The fourth-order valence-corrected chi connectivity index (χ4v) is 3.52. The van der Waals surface area contributed by atoms with Crippen molar-refractivity contribution in [1.82, 2.24) is 15.3 Å². The van der Waals surface area contributed by atoms with Crippen LogP contribution in [0.15, 0.2) is 78.3 Å². The maximum absolute atomic E-state index is 13.0. The number of ether oxygens (including phenoxy) is 2. The molecule has 0 spiro atoms. The number of aromatic nitrogens is 2. The molecule has 0 unspecified atom stereocenters. The topological polar surface area (TPSA) is 73.3 Å². The number of rotatable bonds is 9. The van der Waals surface area contributed by atoms with Crippen LogP contribution in [-0.4, -0.2) is 15.9 Å². The van der Waals surface area contributed by atoms with E-state index in [-0.39, 0.29) is 11.7 Å². The van der Waals surface area contributed by atoms with Crippen molar-refractivity contribution in [1.29, 1.82) is 0 Å². The maximum Gasteiger partial charge on any atom is 0.244 e. The molecule has 0 saturated heterocycles. The van der Waals surface area contributed by atoms with Gasteiger partial charge in [-0.05, 0) is 60.5 Å². The van der Waals surface area contributed by atoms with Crippen LogP contribution in [0.4, 0.5) is 4.39 Å². The highest BCUT2D eigenvalue weighted by atomic mass is 32.1. The minimum atomic E-state index is -0.330. The van der Waals surface area contributed by atoms with Crippen LogP contribution in [0.25, 0.3) is 6.08 Å². The first kappa shape index (κ1) is 23.1. The van der Waals surface area contributed by atoms with E-state index < -0.39 is 0 Å². The molecule has 0 fully saturated rings. The summed E-state index contributed by atoms with van der Waals surface area (Å²) in [5, 5.41) is 5.82. The summed E-state index contributed by atoms with van der Waals surface area (Å²) >= 11 is 1.60. The first-order chi connectivity index (χ1) is 16.5. The summed E-state index contributed by atoms with van der Waals surface area (Å²) in [5.74, 6) is 1.08. The first-order valence-electron chi connectivity index (χ1n) is 10.5. The van der Waals surface area contributed by atoms with E-state index in [1.807, 2.05) is 42.6 Å². The van der Waals surface area contributed by atoms with Crippen molar-refractivity contribution in [3.63, 3.8) is 0 Å². The fourth-order valence-electron chi connectivity index (χ4n) is 2.93. The van der Waals surface area contributed by atoms with Gasteiger partial charge in [0.25, 0.3) is 0 Å². The van der Waals surface area contributed by atoms with Crippen molar-refractivity contribution in [2.24, 2.45) is 0 Å². The summed E-state index contributed by atoms with van der Waals surface area (Å²) in [6.45, 7) is 2.72. The smallest absolute Gasteiger partial charge is 0.244 e. The molecule has 0 atom stereocenters. The van der Waals surface area contributed by atoms with E-state index in [9.17, 15) is 9.18 Å². The Labute approximate surface area is 200 Å². The summed E-state index contributed by atoms with van der Waals surface area (Å²) < 4.78 is 24.3. The van der Waals surface area contributed by atoms with Crippen molar-refractivity contribution in [3.05, 3.63) is 106 Å². The number of halogens is 1. The number of carbonyl (C=O) groups excluding carboxylic acids is 1. The summed E-state index contributed by atoms with van der Waals surface area (Å²) in [6.07, 6.45) is 4.84. The zero-order valence-corrected chi connectivity index (χ0v) is 19.2. The predicted octanol–water partition coefficient (Wildman–Crippen LogP) is 5.69. The van der Waals surface area contributed by atoms with Crippen LogP contribution >= 0.6 is 11.3 Å². The highest BCUT2D eigenvalue weighted by molar-refractivity contribution is 7.09. The van der Waals surface area contributed by atoms with Crippen LogP contribution in [0.1, 0.15) is 21.8 Å². The lowest BCUT2D eigenvalue weighted by atomic mass is 10.2. The molecule has 0 radical (unpaired) electrons. The van der Waals surface area contributed by atoms with E-state index >= 15 is 0 Å². The molecule has 8 heteroatoms. The number of amides is 1. The van der Waals surface area contributed by atoms with Crippen molar-refractivity contribution < 1.29 is 18.7 Å². The van der Waals surface area contributed by atoms with Crippen molar-refractivity contribution in [2.45, 2.75) is 20.1 Å². The minimum Gasteiger partial charge on any atom is -0.487 e. The molecule has 172 valence electrons. The highest BCUT2D eigenvalue weighted by Gasteiger charge is 2.03. The molecule has 1 N–H and O–H groups in total. The molecular weight excluding hydrogens is 453 g/mol. The number of benzene rings is 2. The molecular formula is C26H22FN3O3S. The van der Waals surface area contributed by atoms with E-state index in [1.165, 1.54) is 30.3 Å². The lowest BCUT2D eigenvalue weighted by molar-refractivity contribution is -0.116. The largest absolute Gasteiger partial charge is 0.487 e. The highest BCUT2D eigenvalue weighted by Crippen LogP contribution is 2.20. The molecule has 4 rings (SSSR count). The van der Waals surface area contributed by atoms with Crippen molar-refractivity contribution in [2.75, 3.05) is 0 Å². The Balaban J connectivity index is 1.21. The lowest BCUT2D eigenvalue weighted by Crippen LogP contribution is -2.20. The molecule has 34 heavy (non-hydrogen) atoms. The standard InChI is InChI=1S/C26H22FN3O3S/c1-18-30-22(17-34-18)16-32-23-8-2-19(3-9-23)4-12-25(31)28-14-20-5-13-26(29-15-20)33-24-10-6-21(27)7-11-24/h2-13,15,17H,14,16H2,1H3,(H,28,31)/b12-4+. The van der Waals surface area contributed by atoms with Crippen molar-refractivity contribution >= 4 is 23.3 Å². The number of thiazole rings is 1. The third-order valence-electron chi connectivity index (χ3n) is 4.66. The van der Waals surface area contributed by atoms with Gasteiger partial charge in [-0.3, -0.25) is 4.79 Å². The summed E-state index contributed by atoms with van der Waals surface area (Å²) in [6, 6.07) is 16.7. The summed E-state index contributed by atoms with van der Waals surface area (Å²) in [5.41, 5.74) is 2.62. The summed E-state index contributed by atoms with van der Waals surface area (Å²) in [7, 11) is 0. The zero-order valence-electron chi connectivity index (χ0n) is 18.4. The van der Waals surface area contributed by atoms with E-state index in [1.54, 1.807) is 29.7 Å². The van der Waals surface area contributed by atoms with Gasteiger partial charge < -0.3 is 14.8 Å². The van der Waals surface area contributed by atoms with E-state index in [2.05, 4.69) is 15.3 Å². The SMILES string of the molecule is Cc1nc(COc2ccc(/C=C/C(=O)NCc3ccc(Oc4ccc(F)cc4)nc3)cc2)cs1. The Bertz CT molecular complexity index is 1250. The molecule has 0 aliphatic carbocycles. The number of hydrogen-bond acceptors (Lipinski definition) is 6. The van der Waals surface area contributed by atoms with Crippen molar-refractivity contribution in [3.8, 4) is 17.4 Å². The average Bonchev–Trinajstić information content (AvgIpc) is 3.28. The van der Waals surface area contributed by atoms with Crippen LogP contribution in [0.3, 0.4) is 0 Å². The molecule has 6 nitrogen and oxygen atoms in total. The molecule has 2 heterocycles. The second-order valence-corrected chi connectivity index (χ2v) is 8.39. The third kappa shape index (κ3) is 6.98. The first-order valence-corrected chi connectivity index (χ1v) is 11.4. The van der Waals surface area contributed by atoms with Crippen LogP contribution in [0.5, 0.6) is 17.4 Å². The van der Waals surface area contributed by atoms with Gasteiger partial charge in [0.15, 0.2) is 0 Å². The number of carbonyl (C=O) groups is 1. The van der Waals surface area contributed by atoms with Gasteiger partial charge in [0.2, 0.25) is 11.8 Å². The van der Waals surface area contributed by atoms with Gasteiger partial charge in [-0.25, -0.2) is 14.4 Å². The Morgan fingerprint density at radius 3 is 2.50 bits per heavy atom. The Hall–Kier alpha value is -4.04. The quantitative estimate of drug-likeness (QED) is 0.315. The van der Waals surface area contributed by atoms with Gasteiger partial charge in [-0.15, -0.1) is 11.3 Å². The van der Waals surface area contributed by atoms with Gasteiger partial charge in [0, 0.05) is 30.3 Å². The maximum atomic E-state index is 13.0. The van der Waals surface area contributed by atoms with Gasteiger partial charge in [0.1, 0.15) is 23.9 Å². The number of nitrogens with one attached hydrogen (secondary N) is 1. The molecule has 0 aliphatic rings. The van der Waals surface area contributed by atoms with Crippen LogP contribution in [0.2, 0.25) is 0 Å². The molecule has 2 aromatic heterocycles. The Morgan fingerprint density at radius 2 is 1.82 bits per heavy atom. The number of aryl methyl sites for hydroxylation is 1. The lowest BCUT2D eigenvalue weighted by Gasteiger charge is -2.06. The van der Waals surface area contributed by atoms with E-state index in [0.29, 0.717) is 24.8 Å². The van der Waals surface area contributed by atoms with E-state index in [4.69, 9.17) is 9.47 Å². The fraction of sp³-hybridized carbons (Fsp3) is 0.115. The van der Waals surface area contributed by atoms with Crippen LogP contribution in [0, 0.1) is 12.7 Å². The Morgan fingerprint density at radius 1 is 1.06 bits per heavy atom. The molecule has 4 aromatic rings. The Kier molecular flexibility index (Phi) is 7.62. The second-order valence-electron chi connectivity index (χ2n) is 7.33. The predicted molar refractivity (Wildman–Crippen MR) is 129 cm³/mol. The number of nitrogens with zero attached hydrogens (tertiary/aromatic N) is 2. The summed E-state index contributed by atoms with van der Waals surface area (Å²) in [4.78, 5) is 20.7. The normalized spacial score (nSPS) is 10.9.